The molecule has 2 bridgehead atoms. The first kappa shape index (κ1) is 16.6. The summed E-state index contributed by atoms with van der Waals surface area (Å²) >= 11 is 1.47. The van der Waals surface area contributed by atoms with Crippen LogP contribution in [0, 0.1) is 0 Å². The lowest BCUT2D eigenvalue weighted by atomic mass is 10.0. The van der Waals surface area contributed by atoms with E-state index in [-0.39, 0.29) is 0 Å². The molecule has 0 unspecified atom stereocenters. The van der Waals surface area contributed by atoms with Gasteiger partial charge >= 0.3 is 5.97 Å². The van der Waals surface area contributed by atoms with Crippen molar-refractivity contribution >= 4 is 17.7 Å². The number of aliphatic hydroxyl groups is 1. The summed E-state index contributed by atoms with van der Waals surface area (Å²) in [6.07, 6.45) is -3.21. The average molecular weight is 358 g/mol. The molecule has 4 rings (SSSR count). The van der Waals surface area contributed by atoms with Gasteiger partial charge in [0.2, 0.25) is 0 Å². The van der Waals surface area contributed by atoms with E-state index in [0.29, 0.717) is 6.61 Å². The van der Waals surface area contributed by atoms with Crippen LogP contribution in [0.1, 0.15) is 5.56 Å². The van der Waals surface area contributed by atoms with Crippen LogP contribution >= 0.6 is 11.8 Å². The lowest BCUT2D eigenvalue weighted by Crippen LogP contribution is -2.53. The number of rotatable bonds is 5. The summed E-state index contributed by atoms with van der Waals surface area (Å²) in [7, 11) is 0. The Bertz CT molecular complexity index is 723. The third-order valence-electron chi connectivity index (χ3n) is 4.28. The molecule has 2 aromatic rings. The molecule has 2 aliphatic rings. The third-order valence-corrected chi connectivity index (χ3v) is 5.44. The first-order valence-electron chi connectivity index (χ1n) is 8.13. The van der Waals surface area contributed by atoms with Gasteiger partial charge in [-0.2, -0.15) is 0 Å². The van der Waals surface area contributed by atoms with E-state index in [4.69, 9.17) is 14.2 Å². The first-order valence-corrected chi connectivity index (χ1v) is 9.01. The summed E-state index contributed by atoms with van der Waals surface area (Å²) in [4.78, 5) is 12.9. The van der Waals surface area contributed by atoms with Crippen LogP contribution < -0.4 is 0 Å². The number of carbonyl (C=O) groups excluding carboxylic acids is 1. The minimum atomic E-state index is -0.999. The highest BCUT2D eigenvalue weighted by atomic mass is 32.2. The molecule has 25 heavy (non-hydrogen) atoms. The number of benzene rings is 2. The van der Waals surface area contributed by atoms with Crippen molar-refractivity contribution in [2.45, 2.75) is 41.4 Å². The summed E-state index contributed by atoms with van der Waals surface area (Å²) in [6, 6.07) is 19.5. The largest absolute Gasteiger partial charge is 0.455 e. The molecule has 5 atom stereocenters. The Kier molecular flexibility index (Phi) is 4.76. The predicted octanol–water partition coefficient (Wildman–Crippen LogP) is 2.38. The van der Waals surface area contributed by atoms with Gasteiger partial charge < -0.3 is 19.3 Å². The number of hydrogen-bond acceptors (Lipinski definition) is 6. The molecular formula is C19H18O5S. The van der Waals surface area contributed by atoms with Gasteiger partial charge in [0.05, 0.1) is 6.61 Å². The van der Waals surface area contributed by atoms with Crippen molar-refractivity contribution in [3.8, 4) is 0 Å². The van der Waals surface area contributed by atoms with Gasteiger partial charge in [0.25, 0.3) is 0 Å². The molecule has 0 spiro atoms. The van der Waals surface area contributed by atoms with Crippen molar-refractivity contribution in [3.05, 3.63) is 66.2 Å². The zero-order chi connectivity index (χ0) is 17.2. The molecule has 6 heteroatoms. The molecule has 0 aromatic heterocycles. The van der Waals surface area contributed by atoms with Crippen LogP contribution in [0.2, 0.25) is 0 Å². The molecule has 2 heterocycles. The van der Waals surface area contributed by atoms with E-state index in [1.54, 1.807) is 0 Å². The SMILES string of the molecule is O=C1O[C@H]2[C@@H](O)[C@@H]1O[C@@H](Sc1ccccc1)[C@@H]2OCc1ccccc1. The maximum absolute atomic E-state index is 11.9. The van der Waals surface area contributed by atoms with E-state index in [0.717, 1.165) is 10.5 Å². The highest BCUT2D eigenvalue weighted by Gasteiger charge is 2.57. The van der Waals surface area contributed by atoms with E-state index >= 15 is 0 Å². The summed E-state index contributed by atoms with van der Waals surface area (Å²) in [5.74, 6) is -0.526. The van der Waals surface area contributed by atoms with E-state index in [9.17, 15) is 9.90 Å². The fraction of sp³-hybridized carbons (Fsp3) is 0.316. The zero-order valence-corrected chi connectivity index (χ0v) is 14.2. The third kappa shape index (κ3) is 3.43. The molecule has 2 aromatic carbocycles. The van der Waals surface area contributed by atoms with Crippen molar-refractivity contribution in [1.29, 1.82) is 0 Å². The monoisotopic (exact) mass is 358 g/mol. The van der Waals surface area contributed by atoms with Crippen LogP contribution in [0.4, 0.5) is 0 Å². The number of aliphatic hydroxyl groups excluding tert-OH is 1. The minimum Gasteiger partial charge on any atom is -0.455 e. The van der Waals surface area contributed by atoms with Gasteiger partial charge in [0.1, 0.15) is 17.6 Å². The van der Waals surface area contributed by atoms with E-state index in [1.807, 2.05) is 60.7 Å². The number of thioether (sulfide) groups is 1. The average Bonchev–Trinajstić information content (AvgIpc) is 2.83. The molecule has 0 aliphatic carbocycles. The molecule has 130 valence electrons. The van der Waals surface area contributed by atoms with Crippen LogP contribution in [0.25, 0.3) is 0 Å². The quantitative estimate of drug-likeness (QED) is 0.828. The number of carbonyl (C=O) groups is 1. The Morgan fingerprint density at radius 3 is 2.44 bits per heavy atom. The van der Waals surface area contributed by atoms with E-state index in [2.05, 4.69) is 0 Å². The number of fused-ring (bicyclic) bond motifs is 2. The summed E-state index contributed by atoms with van der Waals surface area (Å²) < 4.78 is 17.2. The molecule has 1 N–H and O–H groups in total. The maximum atomic E-state index is 11.9. The van der Waals surface area contributed by atoms with Gasteiger partial charge in [0, 0.05) is 4.90 Å². The molecular weight excluding hydrogens is 340 g/mol. The number of ether oxygens (including phenoxy) is 3. The fourth-order valence-corrected chi connectivity index (χ4v) is 4.15. The Labute approximate surface area is 149 Å². The van der Waals surface area contributed by atoms with Gasteiger partial charge in [0.15, 0.2) is 12.2 Å². The lowest BCUT2D eigenvalue weighted by molar-refractivity contribution is -0.163. The molecule has 0 saturated carbocycles. The Hall–Kier alpha value is -1.86. The lowest BCUT2D eigenvalue weighted by Gasteiger charge is -2.36. The molecule has 0 amide bonds. The fourth-order valence-electron chi connectivity index (χ4n) is 3.02. The topological polar surface area (TPSA) is 65.0 Å². The highest BCUT2D eigenvalue weighted by Crippen LogP contribution is 2.39. The van der Waals surface area contributed by atoms with E-state index in [1.165, 1.54) is 11.8 Å². The second-order valence-electron chi connectivity index (χ2n) is 6.01. The number of hydrogen-bond donors (Lipinski definition) is 1. The van der Waals surface area contributed by atoms with Crippen molar-refractivity contribution in [2.24, 2.45) is 0 Å². The minimum absolute atomic E-state index is 0.353. The van der Waals surface area contributed by atoms with Crippen molar-refractivity contribution in [1.82, 2.24) is 0 Å². The Morgan fingerprint density at radius 2 is 1.72 bits per heavy atom. The summed E-state index contributed by atoms with van der Waals surface area (Å²) in [6.45, 7) is 0.353. The molecule has 2 saturated heterocycles. The van der Waals surface area contributed by atoms with Crippen molar-refractivity contribution in [3.63, 3.8) is 0 Å². The van der Waals surface area contributed by atoms with Gasteiger partial charge in [-0.15, -0.1) is 0 Å². The van der Waals surface area contributed by atoms with Gasteiger partial charge in [-0.05, 0) is 17.7 Å². The van der Waals surface area contributed by atoms with Gasteiger partial charge in [-0.25, -0.2) is 4.79 Å². The normalized spacial score (nSPS) is 30.9. The second kappa shape index (κ2) is 7.17. The summed E-state index contributed by atoms with van der Waals surface area (Å²) in [5.41, 5.74) is 0.572. The number of esters is 1. The van der Waals surface area contributed by atoms with Crippen molar-refractivity contribution < 1.29 is 24.1 Å². The van der Waals surface area contributed by atoms with Crippen LogP contribution in [0.3, 0.4) is 0 Å². The standard InChI is InChI=1S/C19H18O5S/c20-14-15-17(22-11-12-7-3-1-4-8-12)19(24-16(14)18(21)23-15)25-13-9-5-2-6-10-13/h1-10,14-17,19-20H,11H2/t14-,15+,16+,17-,19+/m1/s1. The maximum Gasteiger partial charge on any atom is 0.338 e. The van der Waals surface area contributed by atoms with Gasteiger partial charge in [-0.1, -0.05) is 60.3 Å². The zero-order valence-electron chi connectivity index (χ0n) is 13.4. The molecule has 0 radical (unpaired) electrons. The first-order chi connectivity index (χ1) is 12.2. The molecule has 2 fully saturated rings. The predicted molar refractivity (Wildman–Crippen MR) is 91.9 cm³/mol. The van der Waals surface area contributed by atoms with E-state index < -0.39 is 35.8 Å². The van der Waals surface area contributed by atoms with Crippen LogP contribution in [0.5, 0.6) is 0 Å². The Morgan fingerprint density at radius 1 is 1.04 bits per heavy atom. The van der Waals surface area contributed by atoms with Crippen molar-refractivity contribution in [2.75, 3.05) is 0 Å². The smallest absolute Gasteiger partial charge is 0.338 e. The molecule has 2 aliphatic heterocycles. The van der Waals surface area contributed by atoms with Crippen LogP contribution in [0.15, 0.2) is 65.6 Å². The summed E-state index contributed by atoms with van der Waals surface area (Å²) in [5, 5.41) is 10.3. The molecule has 5 nitrogen and oxygen atoms in total. The van der Waals surface area contributed by atoms with Gasteiger partial charge in [-0.3, -0.25) is 0 Å². The van der Waals surface area contributed by atoms with Crippen LogP contribution in [-0.4, -0.2) is 40.9 Å². The van der Waals surface area contributed by atoms with Crippen LogP contribution in [-0.2, 0) is 25.6 Å². The highest BCUT2D eigenvalue weighted by molar-refractivity contribution is 7.99. The Balaban J connectivity index is 1.53. The second-order valence-corrected chi connectivity index (χ2v) is 7.18.